The molecule has 2 heterocycles. The molecule has 0 aromatic carbocycles. The molecule has 0 aromatic heterocycles. The van der Waals surface area contributed by atoms with Gasteiger partial charge in [-0.1, -0.05) is 13.3 Å². The van der Waals surface area contributed by atoms with E-state index in [0.717, 1.165) is 32.4 Å². The van der Waals surface area contributed by atoms with E-state index >= 15 is 0 Å². The van der Waals surface area contributed by atoms with Gasteiger partial charge in [-0.05, 0) is 32.2 Å². The summed E-state index contributed by atoms with van der Waals surface area (Å²) in [5.41, 5.74) is 0. The topological polar surface area (TPSA) is 61.4 Å². The van der Waals surface area contributed by atoms with Gasteiger partial charge in [-0.25, -0.2) is 0 Å². The highest BCUT2D eigenvalue weighted by Crippen LogP contribution is 2.20. The van der Waals surface area contributed by atoms with E-state index in [2.05, 4.69) is 17.0 Å². The number of hydrogen-bond donors (Lipinski definition) is 2. The van der Waals surface area contributed by atoms with Crippen molar-refractivity contribution in [3.8, 4) is 0 Å². The van der Waals surface area contributed by atoms with Crippen molar-refractivity contribution >= 4 is 10.2 Å². The molecule has 2 N–H and O–H groups in total. The van der Waals surface area contributed by atoms with E-state index in [-0.39, 0.29) is 12.1 Å². The Hall–Kier alpha value is -0.170. The lowest BCUT2D eigenvalue weighted by atomic mass is 10.1. The van der Waals surface area contributed by atoms with Crippen molar-refractivity contribution in [1.29, 1.82) is 0 Å². The molecule has 2 rings (SSSR count). The van der Waals surface area contributed by atoms with Crippen molar-refractivity contribution in [2.75, 3.05) is 19.6 Å². The normalized spacial score (nSPS) is 36.2. The van der Waals surface area contributed by atoms with Gasteiger partial charge in [-0.15, -0.1) is 0 Å². The molecular weight excluding hydrogens is 238 g/mol. The zero-order chi connectivity index (χ0) is 12.5. The Morgan fingerprint density at radius 3 is 2.59 bits per heavy atom. The van der Waals surface area contributed by atoms with Crippen LogP contribution in [-0.2, 0) is 10.2 Å². The van der Waals surface area contributed by atoms with E-state index in [4.69, 9.17) is 0 Å². The summed E-state index contributed by atoms with van der Waals surface area (Å²) >= 11 is 0. The van der Waals surface area contributed by atoms with Crippen LogP contribution in [0.5, 0.6) is 0 Å². The van der Waals surface area contributed by atoms with Crippen LogP contribution in [0.15, 0.2) is 0 Å². The predicted molar refractivity (Wildman–Crippen MR) is 67.9 cm³/mol. The van der Waals surface area contributed by atoms with Crippen molar-refractivity contribution in [3.63, 3.8) is 0 Å². The maximum atomic E-state index is 12.3. The zero-order valence-electron chi connectivity index (χ0n) is 10.6. The average Bonchev–Trinajstić information content (AvgIpc) is 2.64. The van der Waals surface area contributed by atoms with E-state index < -0.39 is 10.2 Å². The lowest BCUT2D eigenvalue weighted by molar-refractivity contribution is 0.263. The molecule has 100 valence electrons. The van der Waals surface area contributed by atoms with E-state index in [1.807, 2.05) is 6.92 Å². The van der Waals surface area contributed by atoms with E-state index in [0.29, 0.717) is 12.5 Å². The van der Waals surface area contributed by atoms with Crippen LogP contribution >= 0.6 is 0 Å². The average molecular weight is 261 g/mol. The van der Waals surface area contributed by atoms with Crippen LogP contribution in [0.4, 0.5) is 0 Å². The maximum absolute atomic E-state index is 12.3. The first-order chi connectivity index (χ1) is 8.00. The first-order valence-corrected chi connectivity index (χ1v) is 7.94. The van der Waals surface area contributed by atoms with E-state index in [9.17, 15) is 8.42 Å². The second-order valence-corrected chi connectivity index (χ2v) is 6.98. The summed E-state index contributed by atoms with van der Waals surface area (Å²) in [5.74, 6) is 0.366. The number of nitrogens with one attached hydrogen (secondary N) is 2. The zero-order valence-corrected chi connectivity index (χ0v) is 11.5. The van der Waals surface area contributed by atoms with Crippen molar-refractivity contribution in [2.45, 2.75) is 45.2 Å². The summed E-state index contributed by atoms with van der Waals surface area (Å²) in [4.78, 5) is 0. The fourth-order valence-electron chi connectivity index (χ4n) is 2.66. The number of piperidine rings is 1. The smallest absolute Gasteiger partial charge is 0.279 e. The molecule has 0 bridgehead atoms. The van der Waals surface area contributed by atoms with Crippen LogP contribution in [0.3, 0.4) is 0 Å². The molecule has 0 amide bonds. The lowest BCUT2D eigenvalue weighted by Gasteiger charge is -2.33. The Morgan fingerprint density at radius 2 is 2.00 bits per heavy atom. The summed E-state index contributed by atoms with van der Waals surface area (Å²) in [6.45, 7) is 6.36. The number of nitrogens with zero attached hydrogens (tertiary/aromatic N) is 1. The Labute approximate surface area is 104 Å². The van der Waals surface area contributed by atoms with E-state index in [1.165, 1.54) is 0 Å². The van der Waals surface area contributed by atoms with Gasteiger partial charge in [0, 0.05) is 25.2 Å². The molecule has 0 aromatic rings. The lowest BCUT2D eigenvalue weighted by Crippen LogP contribution is -2.52. The fourth-order valence-corrected chi connectivity index (χ4v) is 4.44. The van der Waals surface area contributed by atoms with Gasteiger partial charge < -0.3 is 5.32 Å². The van der Waals surface area contributed by atoms with Crippen molar-refractivity contribution in [3.05, 3.63) is 0 Å². The van der Waals surface area contributed by atoms with Gasteiger partial charge in [0.25, 0.3) is 10.2 Å². The minimum Gasteiger partial charge on any atom is -0.315 e. The molecule has 0 spiro atoms. The summed E-state index contributed by atoms with van der Waals surface area (Å²) in [6.07, 6.45) is 3.08. The summed E-state index contributed by atoms with van der Waals surface area (Å²) < 4.78 is 29.0. The van der Waals surface area contributed by atoms with Crippen LogP contribution < -0.4 is 10.0 Å². The van der Waals surface area contributed by atoms with Gasteiger partial charge in [0.2, 0.25) is 0 Å². The van der Waals surface area contributed by atoms with Gasteiger partial charge in [-0.2, -0.15) is 17.4 Å². The fraction of sp³-hybridized carbons (Fsp3) is 1.00. The molecule has 5 nitrogen and oxygen atoms in total. The standard InChI is InChI=1S/C11H23N3O2S/c1-9-7-12-8-11(9)13-17(15,16)14-6-4-3-5-10(14)2/h9-13H,3-8H2,1-2H3. The van der Waals surface area contributed by atoms with Crippen LogP contribution in [0, 0.1) is 5.92 Å². The molecule has 17 heavy (non-hydrogen) atoms. The molecule has 0 radical (unpaired) electrons. The highest BCUT2D eigenvalue weighted by Gasteiger charge is 2.34. The first kappa shape index (κ1) is 13.3. The Balaban J connectivity index is 2.02. The van der Waals surface area contributed by atoms with Gasteiger partial charge in [-0.3, -0.25) is 0 Å². The summed E-state index contributed by atoms with van der Waals surface area (Å²) in [6, 6.07) is 0.167. The molecule has 3 unspecified atom stereocenters. The largest absolute Gasteiger partial charge is 0.315 e. The van der Waals surface area contributed by atoms with Crippen molar-refractivity contribution in [1.82, 2.24) is 14.3 Å². The van der Waals surface area contributed by atoms with Crippen molar-refractivity contribution in [2.24, 2.45) is 5.92 Å². The Kier molecular flexibility index (Phi) is 4.07. The monoisotopic (exact) mass is 261 g/mol. The second-order valence-electron chi connectivity index (χ2n) is 5.32. The SMILES string of the molecule is CC1CNCC1NS(=O)(=O)N1CCCCC1C. The minimum absolute atomic E-state index is 0.0362. The van der Waals surface area contributed by atoms with Gasteiger partial charge >= 0.3 is 0 Å². The minimum atomic E-state index is -3.31. The van der Waals surface area contributed by atoms with E-state index in [1.54, 1.807) is 4.31 Å². The molecule has 3 atom stereocenters. The molecular formula is C11H23N3O2S. The third-order valence-electron chi connectivity index (χ3n) is 3.87. The van der Waals surface area contributed by atoms with Gasteiger partial charge in [0.05, 0.1) is 0 Å². The highest BCUT2D eigenvalue weighted by atomic mass is 32.2. The number of rotatable bonds is 3. The van der Waals surface area contributed by atoms with Crippen LogP contribution in [0.1, 0.15) is 33.1 Å². The Bertz CT molecular complexity index is 358. The molecule has 2 aliphatic heterocycles. The first-order valence-electron chi connectivity index (χ1n) is 6.50. The molecule has 2 fully saturated rings. The van der Waals surface area contributed by atoms with Gasteiger partial charge in [0.15, 0.2) is 0 Å². The third-order valence-corrected chi connectivity index (χ3v) is 5.63. The molecule has 2 aliphatic rings. The predicted octanol–water partition coefficient (Wildman–Crippen LogP) is 0.303. The summed E-state index contributed by atoms with van der Waals surface area (Å²) in [7, 11) is -3.31. The van der Waals surface area contributed by atoms with Crippen LogP contribution in [0.2, 0.25) is 0 Å². The molecule has 0 saturated carbocycles. The summed E-state index contributed by atoms with van der Waals surface area (Å²) in [5, 5.41) is 3.21. The number of hydrogen-bond acceptors (Lipinski definition) is 3. The Morgan fingerprint density at radius 1 is 1.24 bits per heavy atom. The van der Waals surface area contributed by atoms with Crippen molar-refractivity contribution < 1.29 is 8.42 Å². The highest BCUT2D eigenvalue weighted by molar-refractivity contribution is 7.87. The quantitative estimate of drug-likeness (QED) is 0.768. The van der Waals surface area contributed by atoms with Gasteiger partial charge in [0.1, 0.15) is 0 Å². The third kappa shape index (κ3) is 2.99. The second kappa shape index (κ2) is 5.22. The van der Waals surface area contributed by atoms with Crippen LogP contribution in [0.25, 0.3) is 0 Å². The molecule has 2 saturated heterocycles. The van der Waals surface area contributed by atoms with Crippen LogP contribution in [-0.4, -0.2) is 44.4 Å². The maximum Gasteiger partial charge on any atom is 0.279 e. The molecule has 0 aliphatic carbocycles. The molecule has 6 heteroatoms.